The second kappa shape index (κ2) is 3.72. The van der Waals surface area contributed by atoms with Gasteiger partial charge in [0.2, 0.25) is 5.78 Å². The lowest BCUT2D eigenvalue weighted by Crippen LogP contribution is -2.54. The predicted octanol–water partition coefficient (Wildman–Crippen LogP) is 1.87. The van der Waals surface area contributed by atoms with Gasteiger partial charge in [-0.3, -0.25) is 4.79 Å². The van der Waals surface area contributed by atoms with E-state index in [-0.39, 0.29) is 5.56 Å². The summed E-state index contributed by atoms with van der Waals surface area (Å²) in [6.07, 6.45) is 0. The van der Waals surface area contributed by atoms with Gasteiger partial charge in [0.25, 0.3) is 5.92 Å². The third-order valence-electron chi connectivity index (χ3n) is 2.40. The topological polar surface area (TPSA) is 41.1 Å². The Kier molecular flexibility index (Phi) is 2.67. The molecule has 0 atom stereocenters. The van der Waals surface area contributed by atoms with Crippen molar-refractivity contribution < 1.29 is 26.7 Å². The number of carbonyl (C=O) groups is 1. The highest BCUT2D eigenvalue weighted by atomic mass is 19.3. The van der Waals surface area contributed by atoms with Crippen LogP contribution in [0.2, 0.25) is 0 Å². The van der Waals surface area contributed by atoms with Crippen LogP contribution in [0.15, 0.2) is 30.3 Å². The molecule has 1 aliphatic rings. The standard InChI is InChI=1S/C10H7F5N2O/c11-8(7(18)6-4-2-1-3-5-6)16-9(12,13)10(14,15)17-8/h1-5,16-17H. The fourth-order valence-corrected chi connectivity index (χ4v) is 1.52. The molecular formula is C10H7F5N2O. The molecule has 1 fully saturated rings. The molecule has 1 saturated heterocycles. The second-order valence-corrected chi connectivity index (χ2v) is 3.75. The van der Waals surface area contributed by atoms with E-state index >= 15 is 0 Å². The van der Waals surface area contributed by atoms with Crippen LogP contribution in [0.25, 0.3) is 0 Å². The quantitative estimate of drug-likeness (QED) is 0.488. The van der Waals surface area contributed by atoms with E-state index in [1.54, 1.807) is 0 Å². The highest BCUT2D eigenvalue weighted by molar-refractivity contribution is 6.02. The zero-order valence-corrected chi connectivity index (χ0v) is 8.68. The summed E-state index contributed by atoms with van der Waals surface area (Å²) in [7, 11) is 0. The monoisotopic (exact) mass is 266 g/mol. The summed E-state index contributed by atoms with van der Waals surface area (Å²) in [6, 6.07) is -3.26. The van der Waals surface area contributed by atoms with Crippen molar-refractivity contribution in [1.29, 1.82) is 0 Å². The van der Waals surface area contributed by atoms with Crippen molar-refractivity contribution in [2.75, 3.05) is 0 Å². The molecule has 3 nitrogen and oxygen atoms in total. The van der Waals surface area contributed by atoms with Crippen molar-refractivity contribution >= 4 is 5.78 Å². The second-order valence-electron chi connectivity index (χ2n) is 3.75. The van der Waals surface area contributed by atoms with Gasteiger partial charge in [0.1, 0.15) is 0 Å². The zero-order chi connectivity index (χ0) is 13.6. The Morgan fingerprint density at radius 1 is 0.889 bits per heavy atom. The number of nitrogens with one attached hydrogen (secondary N) is 2. The summed E-state index contributed by atoms with van der Waals surface area (Å²) in [5.74, 6) is -5.26. The SMILES string of the molecule is O=C(c1ccccc1)C1(F)NC(F)(F)C(F)(F)N1. The van der Waals surface area contributed by atoms with Crippen LogP contribution in [0, 0.1) is 0 Å². The molecule has 0 amide bonds. The third-order valence-corrected chi connectivity index (χ3v) is 2.40. The van der Waals surface area contributed by atoms with Crippen LogP contribution < -0.4 is 10.6 Å². The van der Waals surface area contributed by atoms with E-state index in [9.17, 15) is 26.7 Å². The van der Waals surface area contributed by atoms with Crippen molar-refractivity contribution in [1.82, 2.24) is 10.6 Å². The number of rotatable bonds is 2. The van der Waals surface area contributed by atoms with Gasteiger partial charge in [-0.15, -0.1) is 0 Å². The summed E-state index contributed by atoms with van der Waals surface area (Å²) in [5.41, 5.74) is -0.312. The summed E-state index contributed by atoms with van der Waals surface area (Å²) in [4.78, 5) is 11.6. The van der Waals surface area contributed by atoms with Gasteiger partial charge in [0.15, 0.2) is 0 Å². The first-order valence-electron chi connectivity index (χ1n) is 4.81. The van der Waals surface area contributed by atoms with Crippen molar-refractivity contribution in [2.45, 2.75) is 18.0 Å². The Hall–Kier alpha value is -1.54. The van der Waals surface area contributed by atoms with E-state index in [0.717, 1.165) is 12.1 Å². The molecule has 8 heteroatoms. The normalized spacial score (nSPS) is 23.8. The molecule has 0 aromatic heterocycles. The maximum Gasteiger partial charge on any atom is 0.383 e. The molecule has 98 valence electrons. The Bertz CT molecular complexity index is 460. The van der Waals surface area contributed by atoms with Gasteiger partial charge in [-0.2, -0.15) is 32.6 Å². The number of carbonyl (C=O) groups excluding carboxylic acids is 1. The first-order valence-corrected chi connectivity index (χ1v) is 4.81. The van der Waals surface area contributed by atoms with Crippen molar-refractivity contribution in [2.24, 2.45) is 0 Å². The van der Waals surface area contributed by atoms with Gasteiger partial charge in [0.05, 0.1) is 0 Å². The van der Waals surface area contributed by atoms with Crippen LogP contribution in [0.1, 0.15) is 10.4 Å². The number of halogens is 5. The minimum absolute atomic E-state index is 0.312. The van der Waals surface area contributed by atoms with Crippen LogP contribution in [-0.4, -0.2) is 23.8 Å². The number of hydrogen-bond acceptors (Lipinski definition) is 3. The highest BCUT2D eigenvalue weighted by Gasteiger charge is 2.71. The molecule has 18 heavy (non-hydrogen) atoms. The molecule has 1 aromatic carbocycles. The fraction of sp³-hybridized carbons (Fsp3) is 0.300. The molecule has 0 unspecified atom stereocenters. The maximum absolute atomic E-state index is 13.9. The van der Waals surface area contributed by atoms with E-state index in [1.165, 1.54) is 18.2 Å². The Morgan fingerprint density at radius 3 is 1.78 bits per heavy atom. The highest BCUT2D eigenvalue weighted by Crippen LogP contribution is 2.39. The third kappa shape index (κ3) is 1.87. The Morgan fingerprint density at radius 2 is 1.33 bits per heavy atom. The first kappa shape index (κ1) is 12.9. The van der Waals surface area contributed by atoms with E-state index in [4.69, 9.17) is 0 Å². The van der Waals surface area contributed by atoms with Crippen molar-refractivity contribution in [3.8, 4) is 0 Å². The predicted molar refractivity (Wildman–Crippen MR) is 50.8 cm³/mol. The Balaban J connectivity index is 2.33. The lowest BCUT2D eigenvalue weighted by molar-refractivity contribution is -0.207. The summed E-state index contributed by atoms with van der Waals surface area (Å²) in [5, 5.41) is 1.37. The van der Waals surface area contributed by atoms with Crippen molar-refractivity contribution in [3.05, 3.63) is 35.9 Å². The minimum atomic E-state index is -4.85. The number of ketones is 1. The smallest absolute Gasteiger partial charge is 0.287 e. The molecule has 1 aliphatic heterocycles. The number of benzene rings is 1. The van der Waals surface area contributed by atoms with E-state index in [0.29, 0.717) is 10.6 Å². The molecule has 0 spiro atoms. The summed E-state index contributed by atoms with van der Waals surface area (Å²) < 4.78 is 65.0. The van der Waals surface area contributed by atoms with Gasteiger partial charge in [-0.25, -0.2) is 0 Å². The largest absolute Gasteiger partial charge is 0.383 e. The van der Waals surface area contributed by atoms with E-state index in [1.807, 2.05) is 0 Å². The Labute approximate surface area is 98.0 Å². The van der Waals surface area contributed by atoms with Crippen LogP contribution in [0.3, 0.4) is 0 Å². The molecule has 1 heterocycles. The van der Waals surface area contributed by atoms with Crippen LogP contribution >= 0.6 is 0 Å². The van der Waals surface area contributed by atoms with Gasteiger partial charge < -0.3 is 0 Å². The number of hydrogen-bond donors (Lipinski definition) is 2. The fourth-order valence-electron chi connectivity index (χ4n) is 1.52. The van der Waals surface area contributed by atoms with Gasteiger partial charge in [-0.05, 0) is 0 Å². The molecular weight excluding hydrogens is 259 g/mol. The summed E-state index contributed by atoms with van der Waals surface area (Å²) >= 11 is 0. The van der Waals surface area contributed by atoms with Gasteiger partial charge >= 0.3 is 12.1 Å². The van der Waals surface area contributed by atoms with Crippen molar-refractivity contribution in [3.63, 3.8) is 0 Å². The van der Waals surface area contributed by atoms with Gasteiger partial charge in [-0.1, -0.05) is 30.3 Å². The van der Waals surface area contributed by atoms with E-state index < -0.39 is 23.8 Å². The molecule has 2 rings (SSSR count). The van der Waals surface area contributed by atoms with Gasteiger partial charge in [0, 0.05) is 5.56 Å². The summed E-state index contributed by atoms with van der Waals surface area (Å²) in [6.45, 7) is 0. The molecule has 0 radical (unpaired) electrons. The lowest BCUT2D eigenvalue weighted by Gasteiger charge is -2.17. The zero-order valence-electron chi connectivity index (χ0n) is 8.68. The average molecular weight is 266 g/mol. The molecule has 2 N–H and O–H groups in total. The first-order chi connectivity index (χ1) is 8.18. The lowest BCUT2D eigenvalue weighted by atomic mass is 10.1. The molecule has 0 saturated carbocycles. The van der Waals surface area contributed by atoms with E-state index in [2.05, 4.69) is 0 Å². The minimum Gasteiger partial charge on any atom is -0.287 e. The molecule has 0 aliphatic carbocycles. The maximum atomic E-state index is 13.9. The molecule has 1 aromatic rings. The van der Waals surface area contributed by atoms with Crippen LogP contribution in [0.5, 0.6) is 0 Å². The van der Waals surface area contributed by atoms with Crippen LogP contribution in [-0.2, 0) is 0 Å². The average Bonchev–Trinajstić information content (AvgIpc) is 2.44. The molecule has 0 bridgehead atoms. The number of alkyl halides is 5. The van der Waals surface area contributed by atoms with Crippen LogP contribution in [0.4, 0.5) is 22.0 Å². The number of Topliss-reactive ketones (excluding diaryl/α,β-unsaturated/α-hetero) is 1.